The molecule has 3 aliphatic heterocycles. The first-order valence-electron chi connectivity index (χ1n) is 14.9. The molecule has 3 fully saturated rings. The molecule has 0 saturated carbocycles. The molecule has 3 atom stereocenters. The molecule has 5 heterocycles. The smallest absolute Gasteiger partial charge is 0.319 e. The van der Waals surface area contributed by atoms with Gasteiger partial charge in [0.1, 0.15) is 35.2 Å². The number of fused-ring (bicyclic) bond motifs is 4. The second-order valence-electron chi connectivity index (χ2n) is 12.6. The molecule has 3 aliphatic rings. The van der Waals surface area contributed by atoms with Crippen molar-refractivity contribution in [2.24, 2.45) is 0 Å². The lowest BCUT2D eigenvalue weighted by Gasteiger charge is -2.37. The summed E-state index contributed by atoms with van der Waals surface area (Å²) in [6.45, 7) is 9.43. The van der Waals surface area contributed by atoms with Crippen molar-refractivity contribution in [3.8, 4) is 23.0 Å². The lowest BCUT2D eigenvalue weighted by molar-refractivity contribution is 0.0626. The Labute approximate surface area is 243 Å². The van der Waals surface area contributed by atoms with Gasteiger partial charge in [-0.25, -0.2) is 8.78 Å². The Kier molecular flexibility index (Phi) is 6.66. The van der Waals surface area contributed by atoms with Crippen LogP contribution in [0.1, 0.15) is 46.5 Å². The molecule has 8 nitrogen and oxygen atoms in total. The van der Waals surface area contributed by atoms with Crippen LogP contribution in [0.4, 0.5) is 14.6 Å². The number of ether oxygens (including phenoxy) is 1. The van der Waals surface area contributed by atoms with Gasteiger partial charge in [-0.3, -0.25) is 9.88 Å². The summed E-state index contributed by atoms with van der Waals surface area (Å²) in [6, 6.07) is 8.51. The van der Waals surface area contributed by atoms with Crippen molar-refractivity contribution in [3.05, 3.63) is 48.2 Å². The summed E-state index contributed by atoms with van der Waals surface area (Å²) in [5.41, 5.74) is -0.0357. The zero-order valence-electron chi connectivity index (χ0n) is 24.2. The molecule has 220 valence electrons. The molecule has 0 aliphatic carbocycles. The van der Waals surface area contributed by atoms with Gasteiger partial charge in [-0.1, -0.05) is 12.1 Å². The number of nitrogens with one attached hydrogen (secondary N) is 1. The Morgan fingerprint density at radius 2 is 1.93 bits per heavy atom. The molecule has 2 bridgehead atoms. The third-order valence-electron chi connectivity index (χ3n) is 9.27. The molecular formula is C32H36F2N6O2. The summed E-state index contributed by atoms with van der Waals surface area (Å²) >= 11 is 0. The number of benzene rings is 2. The number of likely N-dealkylation sites (tertiary alicyclic amines) is 1. The third-order valence-corrected chi connectivity index (χ3v) is 9.27. The number of rotatable bonds is 6. The van der Waals surface area contributed by atoms with E-state index >= 15 is 8.78 Å². The van der Waals surface area contributed by atoms with E-state index in [-0.39, 0.29) is 39.5 Å². The maximum Gasteiger partial charge on any atom is 0.319 e. The van der Waals surface area contributed by atoms with Crippen LogP contribution in [0.2, 0.25) is 0 Å². The summed E-state index contributed by atoms with van der Waals surface area (Å²) in [6.07, 6.45) is 5.81. The first-order chi connectivity index (χ1) is 20.2. The molecular weight excluding hydrogens is 538 g/mol. The molecule has 0 amide bonds. The number of pyridine rings is 1. The molecule has 42 heavy (non-hydrogen) atoms. The number of phenols is 1. The van der Waals surface area contributed by atoms with Crippen LogP contribution in [0.3, 0.4) is 0 Å². The second-order valence-corrected chi connectivity index (χ2v) is 12.6. The molecule has 10 heteroatoms. The Bertz CT molecular complexity index is 1670. The maximum atomic E-state index is 16.6. The maximum absolute atomic E-state index is 16.6. The lowest BCUT2D eigenvalue weighted by atomic mass is 9.99. The molecule has 7 rings (SSSR count). The SMILES string of the molecule is CC(C)N1CCC[C@@]1(C)COc1nc(N2CC3CCC(C2)N3)c2cnc(-c3cc(O)cc4cccc(F)c34)c(F)c2n1. The monoisotopic (exact) mass is 574 g/mol. The molecule has 0 spiro atoms. The Balaban J connectivity index is 1.36. The molecule has 0 radical (unpaired) electrons. The van der Waals surface area contributed by atoms with Gasteiger partial charge in [-0.15, -0.1) is 0 Å². The molecule has 2 N–H and O–H groups in total. The fraction of sp³-hybridized carbons (Fsp3) is 0.469. The van der Waals surface area contributed by atoms with Gasteiger partial charge in [0.05, 0.1) is 10.9 Å². The van der Waals surface area contributed by atoms with Crippen molar-refractivity contribution >= 4 is 27.5 Å². The number of nitrogens with zero attached hydrogens (tertiary/aromatic N) is 5. The van der Waals surface area contributed by atoms with E-state index in [0.717, 1.165) is 45.3 Å². The minimum Gasteiger partial charge on any atom is -0.508 e. The highest BCUT2D eigenvalue weighted by atomic mass is 19.1. The van der Waals surface area contributed by atoms with Crippen molar-refractivity contribution in [2.75, 3.05) is 31.1 Å². The molecule has 2 aromatic carbocycles. The highest BCUT2D eigenvalue weighted by Crippen LogP contribution is 2.39. The van der Waals surface area contributed by atoms with E-state index in [0.29, 0.717) is 41.3 Å². The summed E-state index contributed by atoms with van der Waals surface area (Å²) in [5.74, 6) is -0.736. The first kappa shape index (κ1) is 27.2. The fourth-order valence-corrected chi connectivity index (χ4v) is 7.34. The van der Waals surface area contributed by atoms with E-state index in [1.165, 1.54) is 18.2 Å². The highest BCUT2D eigenvalue weighted by molar-refractivity contribution is 6.00. The van der Waals surface area contributed by atoms with E-state index in [4.69, 9.17) is 9.72 Å². The topological polar surface area (TPSA) is 86.6 Å². The Hall–Kier alpha value is -3.63. The van der Waals surface area contributed by atoms with Gasteiger partial charge in [-0.2, -0.15) is 9.97 Å². The van der Waals surface area contributed by atoms with Crippen LogP contribution in [-0.2, 0) is 0 Å². The fourth-order valence-electron chi connectivity index (χ4n) is 7.34. The molecule has 3 saturated heterocycles. The average Bonchev–Trinajstić information content (AvgIpc) is 3.52. The zero-order valence-corrected chi connectivity index (χ0v) is 24.2. The summed E-state index contributed by atoms with van der Waals surface area (Å²) in [7, 11) is 0. The number of piperazine rings is 1. The lowest BCUT2D eigenvalue weighted by Crippen LogP contribution is -2.51. The number of anilines is 1. The highest BCUT2D eigenvalue weighted by Gasteiger charge is 2.39. The largest absolute Gasteiger partial charge is 0.508 e. The summed E-state index contributed by atoms with van der Waals surface area (Å²) in [4.78, 5) is 18.5. The quantitative estimate of drug-likeness (QED) is 0.316. The van der Waals surface area contributed by atoms with Crippen LogP contribution in [0, 0.1) is 11.6 Å². The summed E-state index contributed by atoms with van der Waals surface area (Å²) < 4.78 is 37.9. The van der Waals surface area contributed by atoms with Gasteiger partial charge >= 0.3 is 6.01 Å². The van der Waals surface area contributed by atoms with E-state index in [9.17, 15) is 5.11 Å². The first-order valence-corrected chi connectivity index (χ1v) is 14.9. The van der Waals surface area contributed by atoms with E-state index in [1.807, 2.05) is 0 Å². The number of phenolic OH excluding ortho intramolecular Hbond substituents is 1. The van der Waals surface area contributed by atoms with Crippen LogP contribution in [-0.4, -0.2) is 74.9 Å². The second kappa shape index (κ2) is 10.3. The van der Waals surface area contributed by atoms with Gasteiger partial charge in [-0.05, 0) is 76.6 Å². The van der Waals surface area contributed by atoms with Crippen LogP contribution in [0.25, 0.3) is 32.9 Å². The molecule has 2 aromatic heterocycles. The van der Waals surface area contributed by atoms with Crippen LogP contribution < -0.4 is 15.0 Å². The number of aromatic hydroxyl groups is 1. The van der Waals surface area contributed by atoms with Crippen molar-refractivity contribution < 1.29 is 18.6 Å². The van der Waals surface area contributed by atoms with Crippen molar-refractivity contribution in [2.45, 2.75) is 70.1 Å². The third kappa shape index (κ3) is 4.61. The average molecular weight is 575 g/mol. The molecule has 4 aromatic rings. The van der Waals surface area contributed by atoms with Gasteiger partial charge in [0.2, 0.25) is 0 Å². The Morgan fingerprint density at radius 3 is 2.69 bits per heavy atom. The molecule has 2 unspecified atom stereocenters. The van der Waals surface area contributed by atoms with E-state index in [2.05, 4.69) is 45.9 Å². The standard InChI is InChI=1S/C32H36F2N6O2/c1-18(2)40-11-5-10-32(40,3)17-42-31-37-29-24(30(38-31)39-15-20-8-9-21(16-39)36-20)14-35-28(27(29)34)23-13-22(41)12-19-6-4-7-25(33)26(19)23/h4,6-7,12-14,18,20-21,36,41H,5,8-11,15-17H2,1-3H3/t20?,21?,32-/m0/s1. The van der Waals surface area contributed by atoms with Crippen molar-refractivity contribution in [3.63, 3.8) is 0 Å². The Morgan fingerprint density at radius 1 is 1.14 bits per heavy atom. The zero-order chi connectivity index (χ0) is 29.2. The van der Waals surface area contributed by atoms with Gasteiger partial charge < -0.3 is 20.1 Å². The van der Waals surface area contributed by atoms with Gasteiger partial charge in [0, 0.05) is 48.4 Å². The van der Waals surface area contributed by atoms with Crippen molar-refractivity contribution in [1.29, 1.82) is 0 Å². The predicted octanol–water partition coefficient (Wildman–Crippen LogP) is 5.41. The minimum absolute atomic E-state index is 0.0657. The van der Waals surface area contributed by atoms with Gasteiger partial charge in [0.25, 0.3) is 0 Å². The predicted molar refractivity (Wildman–Crippen MR) is 159 cm³/mol. The number of halogens is 2. The number of hydrogen-bond donors (Lipinski definition) is 2. The van der Waals surface area contributed by atoms with E-state index < -0.39 is 11.6 Å². The normalized spacial score (nSPS) is 24.4. The summed E-state index contributed by atoms with van der Waals surface area (Å²) in [5, 5.41) is 15.2. The van der Waals surface area contributed by atoms with Gasteiger partial charge in [0.15, 0.2) is 5.82 Å². The van der Waals surface area contributed by atoms with E-state index in [1.54, 1.807) is 18.3 Å². The van der Waals surface area contributed by atoms with Crippen LogP contribution in [0.5, 0.6) is 11.8 Å². The van der Waals surface area contributed by atoms with Crippen LogP contribution >= 0.6 is 0 Å². The minimum atomic E-state index is -0.704. The van der Waals surface area contributed by atoms with Crippen molar-refractivity contribution in [1.82, 2.24) is 25.2 Å². The number of aromatic nitrogens is 3. The number of hydrogen-bond acceptors (Lipinski definition) is 8. The van der Waals surface area contributed by atoms with Crippen LogP contribution in [0.15, 0.2) is 36.5 Å².